The van der Waals surface area contributed by atoms with Gasteiger partial charge < -0.3 is 9.13 Å². The van der Waals surface area contributed by atoms with Gasteiger partial charge in [0, 0.05) is 43.9 Å². The van der Waals surface area contributed by atoms with Crippen molar-refractivity contribution in [2.75, 3.05) is 0 Å². The third kappa shape index (κ3) is 4.60. The Morgan fingerprint density at radius 1 is 0.537 bits per heavy atom. The molecule has 0 fully saturated rings. The SMILES string of the molecule is C=C/C=C\C1=C(C)C(C)(C)c2cc(-c3cccc4c5ccccc5n(-c5ccccc5)c34)cc(-c3cccc4c3c3ccccc3n4-c3ccccc3)c21. The molecule has 9 aromatic rings. The zero-order valence-corrected chi connectivity index (χ0v) is 30.8. The summed E-state index contributed by atoms with van der Waals surface area (Å²) >= 11 is 0. The Hall–Kier alpha value is -6.64. The summed E-state index contributed by atoms with van der Waals surface area (Å²) in [6.07, 6.45) is 6.24. The molecule has 0 unspecified atom stereocenters. The van der Waals surface area contributed by atoms with E-state index in [1.165, 1.54) is 88.1 Å². The van der Waals surface area contributed by atoms with Crippen LogP contribution in [0.25, 0.3) is 82.8 Å². The summed E-state index contributed by atoms with van der Waals surface area (Å²) in [5.41, 5.74) is 17.2. The molecule has 54 heavy (non-hydrogen) atoms. The summed E-state index contributed by atoms with van der Waals surface area (Å²) in [4.78, 5) is 0. The van der Waals surface area contributed by atoms with E-state index in [4.69, 9.17) is 0 Å². The summed E-state index contributed by atoms with van der Waals surface area (Å²) in [7, 11) is 0. The molecular weight excluding hydrogens is 653 g/mol. The van der Waals surface area contributed by atoms with Crippen LogP contribution in [0.15, 0.2) is 188 Å². The van der Waals surface area contributed by atoms with Crippen LogP contribution < -0.4 is 0 Å². The lowest BCUT2D eigenvalue weighted by Gasteiger charge is -2.24. The first-order valence-electron chi connectivity index (χ1n) is 18.8. The second-order valence-electron chi connectivity index (χ2n) is 15.0. The molecular formula is C52H40N2. The Morgan fingerprint density at radius 3 is 1.83 bits per heavy atom. The van der Waals surface area contributed by atoms with Gasteiger partial charge in [-0.2, -0.15) is 0 Å². The third-order valence-corrected chi connectivity index (χ3v) is 11.8. The second-order valence-corrected chi connectivity index (χ2v) is 15.0. The van der Waals surface area contributed by atoms with Crippen molar-refractivity contribution in [2.45, 2.75) is 26.2 Å². The van der Waals surface area contributed by atoms with Gasteiger partial charge in [-0.1, -0.05) is 147 Å². The van der Waals surface area contributed by atoms with Crippen LogP contribution in [-0.4, -0.2) is 9.13 Å². The van der Waals surface area contributed by atoms with Crippen molar-refractivity contribution in [3.8, 4) is 33.6 Å². The molecule has 0 spiro atoms. The molecule has 0 amide bonds. The molecule has 258 valence electrons. The fraction of sp³-hybridized carbons (Fsp3) is 0.0769. The summed E-state index contributed by atoms with van der Waals surface area (Å²) in [5.74, 6) is 0. The smallest absolute Gasteiger partial charge is 0.0619 e. The Labute approximate surface area is 316 Å². The van der Waals surface area contributed by atoms with E-state index >= 15 is 0 Å². The van der Waals surface area contributed by atoms with Crippen LogP contribution in [0.5, 0.6) is 0 Å². The molecule has 0 atom stereocenters. The van der Waals surface area contributed by atoms with Gasteiger partial charge in [0.2, 0.25) is 0 Å². The maximum Gasteiger partial charge on any atom is 0.0619 e. The molecule has 2 nitrogen and oxygen atoms in total. The lowest BCUT2D eigenvalue weighted by atomic mass is 9.79. The predicted molar refractivity (Wildman–Crippen MR) is 231 cm³/mol. The zero-order chi connectivity index (χ0) is 36.6. The number of hydrogen-bond acceptors (Lipinski definition) is 0. The van der Waals surface area contributed by atoms with Gasteiger partial charge in [0.15, 0.2) is 0 Å². The quantitative estimate of drug-likeness (QED) is 0.154. The van der Waals surface area contributed by atoms with Crippen molar-refractivity contribution < 1.29 is 0 Å². The topological polar surface area (TPSA) is 9.86 Å². The van der Waals surface area contributed by atoms with E-state index in [9.17, 15) is 0 Å². The third-order valence-electron chi connectivity index (χ3n) is 11.8. The highest BCUT2D eigenvalue weighted by atomic mass is 15.0. The van der Waals surface area contributed by atoms with Gasteiger partial charge in [0.25, 0.3) is 0 Å². The highest BCUT2D eigenvalue weighted by Crippen LogP contribution is 2.53. The molecule has 0 aliphatic heterocycles. The van der Waals surface area contributed by atoms with Gasteiger partial charge in [-0.25, -0.2) is 0 Å². The molecule has 0 radical (unpaired) electrons. The number of hydrogen-bond donors (Lipinski definition) is 0. The van der Waals surface area contributed by atoms with E-state index < -0.39 is 0 Å². The molecule has 0 saturated heterocycles. The molecule has 7 aromatic carbocycles. The fourth-order valence-electron chi connectivity index (χ4n) is 9.09. The van der Waals surface area contributed by atoms with Crippen molar-refractivity contribution in [2.24, 2.45) is 0 Å². The van der Waals surface area contributed by atoms with Gasteiger partial charge in [0.1, 0.15) is 0 Å². The van der Waals surface area contributed by atoms with Gasteiger partial charge >= 0.3 is 0 Å². The van der Waals surface area contributed by atoms with Gasteiger partial charge in [-0.15, -0.1) is 0 Å². The monoisotopic (exact) mass is 692 g/mol. The number of aromatic nitrogens is 2. The summed E-state index contributed by atoms with van der Waals surface area (Å²) in [5, 5.41) is 5.03. The lowest BCUT2D eigenvalue weighted by Crippen LogP contribution is -2.15. The zero-order valence-electron chi connectivity index (χ0n) is 30.8. The van der Waals surface area contributed by atoms with Crippen molar-refractivity contribution in [1.82, 2.24) is 9.13 Å². The fourth-order valence-corrected chi connectivity index (χ4v) is 9.09. The van der Waals surface area contributed by atoms with Crippen LogP contribution in [0.2, 0.25) is 0 Å². The number of rotatable bonds is 6. The van der Waals surface area contributed by atoms with Gasteiger partial charge in [-0.05, 0) is 94.9 Å². The van der Waals surface area contributed by atoms with E-state index in [0.29, 0.717) is 0 Å². The average Bonchev–Trinajstić information content (AvgIpc) is 3.81. The minimum atomic E-state index is -0.188. The van der Waals surface area contributed by atoms with E-state index in [-0.39, 0.29) is 5.41 Å². The standard InChI is InChI=1S/C52H40N2/c1-5-6-23-38-34(2)52(3,4)45-33-35(39-26-17-28-42-40-24-13-15-29-46(40)54(51(39)42)37-21-11-8-12-22-37)32-44(49(38)45)41-27-18-31-48-50(41)43-25-14-16-30-47(43)53(48)36-19-9-7-10-20-36/h5-33H,1H2,2-4H3/b23-6-. The maximum absolute atomic E-state index is 4.05. The second kappa shape index (κ2) is 12.2. The van der Waals surface area contributed by atoms with Crippen LogP contribution >= 0.6 is 0 Å². The van der Waals surface area contributed by atoms with Crippen molar-refractivity contribution >= 4 is 49.2 Å². The molecule has 1 aliphatic rings. The van der Waals surface area contributed by atoms with Crippen LogP contribution in [0.1, 0.15) is 31.9 Å². The van der Waals surface area contributed by atoms with E-state index in [2.05, 4.69) is 206 Å². The molecule has 0 bridgehead atoms. The number of allylic oxidation sites excluding steroid dienone is 5. The first-order valence-corrected chi connectivity index (χ1v) is 18.8. The maximum atomic E-state index is 4.05. The minimum absolute atomic E-state index is 0.188. The number of benzene rings is 7. The molecule has 0 saturated carbocycles. The molecule has 2 heterocycles. The Balaban J connectivity index is 1.35. The normalized spacial score (nSPS) is 13.9. The van der Waals surface area contributed by atoms with Gasteiger partial charge in [-0.3, -0.25) is 0 Å². The minimum Gasteiger partial charge on any atom is -0.309 e. The van der Waals surface area contributed by atoms with Crippen LogP contribution in [0.4, 0.5) is 0 Å². The number of para-hydroxylation sites is 5. The van der Waals surface area contributed by atoms with Crippen molar-refractivity contribution in [3.63, 3.8) is 0 Å². The van der Waals surface area contributed by atoms with Crippen molar-refractivity contribution in [3.05, 3.63) is 199 Å². The highest BCUT2D eigenvalue weighted by Gasteiger charge is 2.37. The van der Waals surface area contributed by atoms with Crippen LogP contribution in [0, 0.1) is 0 Å². The Bertz CT molecular complexity index is 3020. The molecule has 2 heteroatoms. The van der Waals surface area contributed by atoms with Crippen LogP contribution in [-0.2, 0) is 5.41 Å². The first-order chi connectivity index (χ1) is 26.5. The molecule has 2 aromatic heterocycles. The number of fused-ring (bicyclic) bond motifs is 7. The summed E-state index contributed by atoms with van der Waals surface area (Å²) in [6.45, 7) is 11.1. The molecule has 1 aliphatic carbocycles. The summed E-state index contributed by atoms with van der Waals surface area (Å²) in [6, 6.07) is 57.8. The average molecular weight is 693 g/mol. The lowest BCUT2D eigenvalue weighted by molar-refractivity contribution is 0.639. The van der Waals surface area contributed by atoms with E-state index in [1.54, 1.807) is 0 Å². The van der Waals surface area contributed by atoms with Gasteiger partial charge in [0.05, 0.1) is 22.1 Å². The largest absolute Gasteiger partial charge is 0.309 e. The molecule has 10 rings (SSSR count). The predicted octanol–water partition coefficient (Wildman–Crippen LogP) is 14.0. The number of nitrogens with zero attached hydrogens (tertiary/aromatic N) is 2. The molecule has 0 N–H and O–H groups in total. The van der Waals surface area contributed by atoms with E-state index in [1.807, 2.05) is 6.08 Å². The van der Waals surface area contributed by atoms with Crippen LogP contribution in [0.3, 0.4) is 0 Å². The Kier molecular flexibility index (Phi) is 7.25. The first kappa shape index (κ1) is 32.0. The van der Waals surface area contributed by atoms with Crippen molar-refractivity contribution in [1.29, 1.82) is 0 Å². The Morgan fingerprint density at radius 2 is 1.11 bits per heavy atom. The summed E-state index contributed by atoms with van der Waals surface area (Å²) < 4.78 is 4.87. The highest BCUT2D eigenvalue weighted by molar-refractivity contribution is 6.18. The van der Waals surface area contributed by atoms with E-state index in [0.717, 1.165) is 11.4 Å².